The van der Waals surface area contributed by atoms with Crippen molar-refractivity contribution in [3.8, 4) is 0 Å². The molecule has 0 fully saturated rings. The average molecular weight is 337 g/mol. The number of hydrogen-bond donors (Lipinski definition) is 1. The van der Waals surface area contributed by atoms with Gasteiger partial charge in [0.25, 0.3) is 0 Å². The van der Waals surface area contributed by atoms with Gasteiger partial charge in [-0.3, -0.25) is 0 Å². The zero-order chi connectivity index (χ0) is 12.1. The number of ether oxygens (including phenoxy) is 1. The fourth-order valence-electron chi connectivity index (χ4n) is 1.22. The first kappa shape index (κ1) is 13.4. The smallest absolute Gasteiger partial charge is 0.342 e. The van der Waals surface area contributed by atoms with E-state index in [1.165, 1.54) is 0 Å². The number of nitrogens with two attached hydrogens (primary N) is 1. The quantitative estimate of drug-likeness (QED) is 0.677. The SMILES string of the molecule is CCOC(=O)C(F)[C@H](N)c1ccc(I)cc1. The predicted molar refractivity (Wildman–Crippen MR) is 67.6 cm³/mol. The molecule has 1 aromatic rings. The number of rotatable bonds is 4. The molecule has 16 heavy (non-hydrogen) atoms. The summed E-state index contributed by atoms with van der Waals surface area (Å²) in [4.78, 5) is 11.1. The fraction of sp³-hybridized carbons (Fsp3) is 0.364. The van der Waals surface area contributed by atoms with E-state index in [-0.39, 0.29) is 6.61 Å². The molecule has 0 aliphatic carbocycles. The van der Waals surface area contributed by atoms with Crippen molar-refractivity contribution in [1.29, 1.82) is 0 Å². The van der Waals surface area contributed by atoms with E-state index >= 15 is 0 Å². The molecule has 0 saturated heterocycles. The standard InChI is InChI=1S/C11H13FINO2/c1-2-16-11(15)9(12)10(14)7-3-5-8(13)6-4-7/h3-6,9-10H,2,14H2,1H3/t9?,10-/m1/s1. The second-order valence-electron chi connectivity index (χ2n) is 3.23. The lowest BCUT2D eigenvalue weighted by molar-refractivity contribution is -0.149. The third-order valence-electron chi connectivity index (χ3n) is 2.08. The molecule has 0 spiro atoms. The van der Waals surface area contributed by atoms with Crippen LogP contribution in [0.15, 0.2) is 24.3 Å². The van der Waals surface area contributed by atoms with Gasteiger partial charge in [-0.05, 0) is 47.2 Å². The lowest BCUT2D eigenvalue weighted by atomic mass is 10.0. The van der Waals surface area contributed by atoms with Crippen LogP contribution in [0, 0.1) is 3.57 Å². The summed E-state index contributed by atoms with van der Waals surface area (Å²) in [6.07, 6.45) is -1.82. The highest BCUT2D eigenvalue weighted by Gasteiger charge is 2.27. The summed E-state index contributed by atoms with van der Waals surface area (Å²) in [7, 11) is 0. The van der Waals surface area contributed by atoms with E-state index in [1.54, 1.807) is 19.1 Å². The van der Waals surface area contributed by atoms with Crippen molar-refractivity contribution >= 4 is 28.6 Å². The maximum absolute atomic E-state index is 13.6. The number of halogens is 2. The van der Waals surface area contributed by atoms with Gasteiger partial charge in [0.15, 0.2) is 0 Å². The van der Waals surface area contributed by atoms with Gasteiger partial charge in [-0.15, -0.1) is 0 Å². The second-order valence-corrected chi connectivity index (χ2v) is 4.48. The Labute approximate surface area is 107 Å². The summed E-state index contributed by atoms with van der Waals surface area (Å²) in [5.74, 6) is -0.909. The molecular weight excluding hydrogens is 324 g/mol. The molecule has 0 aliphatic heterocycles. The summed E-state index contributed by atoms with van der Waals surface area (Å²) in [6.45, 7) is 1.78. The molecule has 0 aromatic heterocycles. The number of esters is 1. The van der Waals surface area contributed by atoms with Gasteiger partial charge in [0, 0.05) is 3.57 Å². The molecule has 2 atom stereocenters. The summed E-state index contributed by atoms with van der Waals surface area (Å²) in [5.41, 5.74) is 6.23. The van der Waals surface area contributed by atoms with Crippen LogP contribution in [0.1, 0.15) is 18.5 Å². The van der Waals surface area contributed by atoms with Gasteiger partial charge in [-0.2, -0.15) is 0 Å². The molecule has 0 bridgehead atoms. The van der Waals surface area contributed by atoms with Crippen LogP contribution in [0.3, 0.4) is 0 Å². The zero-order valence-electron chi connectivity index (χ0n) is 8.82. The molecule has 88 valence electrons. The highest BCUT2D eigenvalue weighted by Crippen LogP contribution is 2.19. The Hall–Kier alpha value is -0.690. The van der Waals surface area contributed by atoms with Crippen LogP contribution in [0.25, 0.3) is 0 Å². The average Bonchev–Trinajstić information content (AvgIpc) is 2.28. The van der Waals surface area contributed by atoms with Crippen LogP contribution in [0.4, 0.5) is 4.39 Å². The van der Waals surface area contributed by atoms with E-state index in [4.69, 9.17) is 5.73 Å². The minimum atomic E-state index is -1.82. The third-order valence-corrected chi connectivity index (χ3v) is 2.80. The Morgan fingerprint density at radius 2 is 2.06 bits per heavy atom. The van der Waals surface area contributed by atoms with Crippen molar-refractivity contribution < 1.29 is 13.9 Å². The van der Waals surface area contributed by atoms with Crippen LogP contribution in [0.5, 0.6) is 0 Å². The van der Waals surface area contributed by atoms with Gasteiger partial charge in [0.2, 0.25) is 6.17 Å². The normalized spacial score (nSPS) is 14.2. The van der Waals surface area contributed by atoms with Crippen molar-refractivity contribution in [2.24, 2.45) is 5.73 Å². The first-order chi connectivity index (χ1) is 7.56. The lowest BCUT2D eigenvalue weighted by Gasteiger charge is -2.15. The first-order valence-corrected chi connectivity index (χ1v) is 5.96. The van der Waals surface area contributed by atoms with Gasteiger partial charge < -0.3 is 10.5 Å². The molecule has 1 rings (SSSR count). The monoisotopic (exact) mass is 337 g/mol. The predicted octanol–water partition coefficient (Wildman–Crippen LogP) is 2.19. The van der Waals surface area contributed by atoms with Crippen LogP contribution >= 0.6 is 22.6 Å². The van der Waals surface area contributed by atoms with Crippen LogP contribution in [-0.4, -0.2) is 18.7 Å². The van der Waals surface area contributed by atoms with Gasteiger partial charge >= 0.3 is 5.97 Å². The van der Waals surface area contributed by atoms with E-state index in [9.17, 15) is 9.18 Å². The maximum atomic E-state index is 13.6. The highest BCUT2D eigenvalue weighted by atomic mass is 127. The number of alkyl halides is 1. The molecule has 0 amide bonds. The van der Waals surface area contributed by atoms with Crippen LogP contribution in [0.2, 0.25) is 0 Å². The molecule has 0 heterocycles. The first-order valence-electron chi connectivity index (χ1n) is 4.88. The fourth-order valence-corrected chi connectivity index (χ4v) is 1.58. The highest BCUT2D eigenvalue weighted by molar-refractivity contribution is 14.1. The van der Waals surface area contributed by atoms with E-state index in [2.05, 4.69) is 27.3 Å². The van der Waals surface area contributed by atoms with Crippen molar-refractivity contribution in [2.45, 2.75) is 19.1 Å². The van der Waals surface area contributed by atoms with Crippen molar-refractivity contribution in [3.05, 3.63) is 33.4 Å². The molecule has 3 nitrogen and oxygen atoms in total. The van der Waals surface area contributed by atoms with E-state index < -0.39 is 18.2 Å². The van der Waals surface area contributed by atoms with Gasteiger partial charge in [-0.25, -0.2) is 9.18 Å². The summed E-state index contributed by atoms with van der Waals surface area (Å²) in [6, 6.07) is 6.06. The Balaban J connectivity index is 2.73. The maximum Gasteiger partial charge on any atom is 0.342 e. The molecular formula is C11H13FINO2. The number of carbonyl (C=O) groups excluding carboxylic acids is 1. The summed E-state index contributed by atoms with van der Waals surface area (Å²) in [5, 5.41) is 0. The third kappa shape index (κ3) is 3.41. The molecule has 2 N–H and O–H groups in total. The van der Waals surface area contributed by atoms with Crippen molar-refractivity contribution in [2.75, 3.05) is 6.61 Å². The molecule has 0 saturated carbocycles. The lowest BCUT2D eigenvalue weighted by Crippen LogP contribution is -2.31. The van der Waals surface area contributed by atoms with E-state index in [0.29, 0.717) is 5.56 Å². The summed E-state index contributed by atoms with van der Waals surface area (Å²) < 4.78 is 19.2. The summed E-state index contributed by atoms with van der Waals surface area (Å²) >= 11 is 2.14. The van der Waals surface area contributed by atoms with Gasteiger partial charge in [-0.1, -0.05) is 12.1 Å². The van der Waals surface area contributed by atoms with Gasteiger partial charge in [0.05, 0.1) is 12.6 Å². The Bertz CT molecular complexity index is 356. The molecule has 1 unspecified atom stereocenters. The van der Waals surface area contributed by atoms with Crippen LogP contribution < -0.4 is 5.73 Å². The van der Waals surface area contributed by atoms with Gasteiger partial charge in [0.1, 0.15) is 0 Å². The van der Waals surface area contributed by atoms with E-state index in [1.807, 2.05) is 12.1 Å². The minimum Gasteiger partial charge on any atom is -0.464 e. The Morgan fingerprint density at radius 3 is 2.56 bits per heavy atom. The molecule has 0 aliphatic rings. The largest absolute Gasteiger partial charge is 0.464 e. The second kappa shape index (κ2) is 6.15. The minimum absolute atomic E-state index is 0.151. The van der Waals surface area contributed by atoms with Crippen LogP contribution in [-0.2, 0) is 9.53 Å². The van der Waals surface area contributed by atoms with Crippen molar-refractivity contribution in [3.63, 3.8) is 0 Å². The number of benzene rings is 1. The van der Waals surface area contributed by atoms with Crippen molar-refractivity contribution in [1.82, 2.24) is 0 Å². The topological polar surface area (TPSA) is 52.3 Å². The molecule has 5 heteroatoms. The molecule has 1 aromatic carbocycles. The van der Waals surface area contributed by atoms with E-state index in [0.717, 1.165) is 3.57 Å². The zero-order valence-corrected chi connectivity index (χ0v) is 11.0. The number of carbonyl (C=O) groups is 1. The molecule has 0 radical (unpaired) electrons. The Kier molecular flexibility index (Phi) is 5.14. The number of hydrogen-bond acceptors (Lipinski definition) is 3. The Morgan fingerprint density at radius 1 is 1.50 bits per heavy atom.